The van der Waals surface area contributed by atoms with Gasteiger partial charge in [0, 0.05) is 18.5 Å². The molecule has 1 aromatic heterocycles. The van der Waals surface area contributed by atoms with Crippen LogP contribution in [0, 0.1) is 12.8 Å². The van der Waals surface area contributed by atoms with E-state index in [1.54, 1.807) is 11.3 Å². The minimum atomic E-state index is 0.0203. The van der Waals surface area contributed by atoms with Crippen LogP contribution in [0.15, 0.2) is 5.38 Å². The molecular formula is C12H20N2O2S. The third-order valence-corrected chi connectivity index (χ3v) is 3.34. The first kappa shape index (κ1) is 14.1. The highest BCUT2D eigenvalue weighted by Gasteiger charge is 2.06. The van der Waals surface area contributed by atoms with Crippen LogP contribution in [0.1, 0.15) is 30.5 Å². The minimum absolute atomic E-state index is 0.0203. The van der Waals surface area contributed by atoms with Crippen molar-refractivity contribution < 1.29 is 9.90 Å². The van der Waals surface area contributed by atoms with Gasteiger partial charge < -0.3 is 10.4 Å². The summed E-state index contributed by atoms with van der Waals surface area (Å²) < 4.78 is 0. The van der Waals surface area contributed by atoms with Gasteiger partial charge in [-0.2, -0.15) is 0 Å². The lowest BCUT2D eigenvalue weighted by Crippen LogP contribution is -2.26. The third-order valence-electron chi connectivity index (χ3n) is 2.52. The van der Waals surface area contributed by atoms with Gasteiger partial charge in [0.05, 0.1) is 17.1 Å². The smallest absolute Gasteiger partial charge is 0.226 e. The molecule has 0 saturated heterocycles. The van der Waals surface area contributed by atoms with Gasteiger partial charge in [0.15, 0.2) is 0 Å². The zero-order valence-corrected chi connectivity index (χ0v) is 11.2. The number of aliphatic hydroxyl groups is 1. The van der Waals surface area contributed by atoms with Gasteiger partial charge >= 0.3 is 0 Å². The van der Waals surface area contributed by atoms with E-state index in [4.69, 9.17) is 5.11 Å². The Hall–Kier alpha value is -0.940. The number of thiazole rings is 1. The number of aromatic nitrogens is 1. The van der Waals surface area contributed by atoms with Gasteiger partial charge in [-0.1, -0.05) is 6.92 Å². The molecule has 0 bridgehead atoms. The second-order valence-electron chi connectivity index (χ2n) is 4.31. The van der Waals surface area contributed by atoms with Crippen molar-refractivity contribution in [2.45, 2.75) is 33.1 Å². The van der Waals surface area contributed by atoms with Crippen molar-refractivity contribution in [1.29, 1.82) is 0 Å². The predicted molar refractivity (Wildman–Crippen MR) is 69.0 cm³/mol. The molecule has 0 aromatic carbocycles. The Morgan fingerprint density at radius 3 is 3.00 bits per heavy atom. The molecule has 1 amide bonds. The van der Waals surface area contributed by atoms with E-state index in [9.17, 15) is 4.79 Å². The lowest BCUT2D eigenvalue weighted by molar-refractivity contribution is -0.120. The number of carbonyl (C=O) groups is 1. The van der Waals surface area contributed by atoms with E-state index in [1.165, 1.54) is 0 Å². The second-order valence-corrected chi connectivity index (χ2v) is 5.38. The van der Waals surface area contributed by atoms with Gasteiger partial charge in [-0.05, 0) is 25.7 Å². The molecule has 2 N–H and O–H groups in total. The number of carbonyl (C=O) groups excluding carboxylic acids is 1. The van der Waals surface area contributed by atoms with E-state index in [0.29, 0.717) is 18.9 Å². The topological polar surface area (TPSA) is 62.2 Å². The first-order chi connectivity index (χ1) is 8.11. The predicted octanol–water partition coefficient (Wildman–Crippen LogP) is 1.52. The van der Waals surface area contributed by atoms with Crippen molar-refractivity contribution in [2.75, 3.05) is 13.2 Å². The van der Waals surface area contributed by atoms with Gasteiger partial charge in [-0.3, -0.25) is 4.79 Å². The first-order valence-electron chi connectivity index (χ1n) is 5.90. The molecule has 96 valence electrons. The molecular weight excluding hydrogens is 236 g/mol. The van der Waals surface area contributed by atoms with E-state index in [1.807, 2.05) is 19.2 Å². The normalized spacial score (nSPS) is 12.4. The van der Waals surface area contributed by atoms with Crippen LogP contribution in [0.5, 0.6) is 0 Å². The summed E-state index contributed by atoms with van der Waals surface area (Å²) in [5.41, 5.74) is 0.841. The highest BCUT2D eigenvalue weighted by Crippen LogP contribution is 2.08. The van der Waals surface area contributed by atoms with Crippen LogP contribution in [-0.2, 0) is 11.2 Å². The number of hydrogen-bond acceptors (Lipinski definition) is 4. The molecule has 17 heavy (non-hydrogen) atoms. The quantitative estimate of drug-likeness (QED) is 0.727. The molecule has 1 rings (SSSR count). The largest absolute Gasteiger partial charge is 0.396 e. The molecule has 0 radical (unpaired) electrons. The molecule has 0 saturated carbocycles. The van der Waals surface area contributed by atoms with Gasteiger partial charge in [0.1, 0.15) is 0 Å². The number of aryl methyl sites for hydroxylation is 1. The number of nitrogens with zero attached hydrogens (tertiary/aromatic N) is 1. The summed E-state index contributed by atoms with van der Waals surface area (Å²) in [6.07, 6.45) is 2.20. The number of amides is 1. The molecule has 0 aliphatic rings. The van der Waals surface area contributed by atoms with Crippen LogP contribution in [0.4, 0.5) is 0 Å². The van der Waals surface area contributed by atoms with Gasteiger partial charge in [-0.15, -0.1) is 11.3 Å². The Labute approximate surface area is 106 Å². The average Bonchev–Trinajstić information content (AvgIpc) is 2.69. The summed E-state index contributed by atoms with van der Waals surface area (Å²) in [6.45, 7) is 4.82. The summed E-state index contributed by atoms with van der Waals surface area (Å²) in [4.78, 5) is 15.8. The fourth-order valence-corrected chi connectivity index (χ4v) is 2.10. The van der Waals surface area contributed by atoms with Gasteiger partial charge in [0.2, 0.25) is 5.91 Å². The van der Waals surface area contributed by atoms with Crippen LogP contribution in [-0.4, -0.2) is 29.1 Å². The van der Waals surface area contributed by atoms with Crippen molar-refractivity contribution in [3.8, 4) is 0 Å². The molecule has 0 fully saturated rings. The lowest BCUT2D eigenvalue weighted by atomic mass is 10.1. The van der Waals surface area contributed by atoms with Crippen LogP contribution in [0.3, 0.4) is 0 Å². The Balaban J connectivity index is 2.13. The molecule has 1 aromatic rings. The zero-order chi connectivity index (χ0) is 12.7. The number of hydrogen-bond donors (Lipinski definition) is 2. The summed E-state index contributed by atoms with van der Waals surface area (Å²) in [5, 5.41) is 14.6. The standard InChI is InChI=1S/C12H20N2O2S/c1-9(7-15)4-3-5-13-12(16)6-11-8-17-10(2)14-11/h8-9,15H,3-7H2,1-2H3,(H,13,16). The van der Waals surface area contributed by atoms with E-state index in [2.05, 4.69) is 10.3 Å². The molecule has 1 heterocycles. The molecule has 0 aliphatic heterocycles. The number of nitrogens with one attached hydrogen (secondary N) is 1. The molecule has 0 aliphatic carbocycles. The van der Waals surface area contributed by atoms with Crippen LogP contribution < -0.4 is 5.32 Å². The Morgan fingerprint density at radius 2 is 2.41 bits per heavy atom. The van der Waals surface area contributed by atoms with Crippen molar-refractivity contribution in [3.63, 3.8) is 0 Å². The maximum Gasteiger partial charge on any atom is 0.226 e. The fraction of sp³-hybridized carbons (Fsp3) is 0.667. The van der Waals surface area contributed by atoms with Crippen molar-refractivity contribution in [2.24, 2.45) is 5.92 Å². The van der Waals surface area contributed by atoms with Crippen LogP contribution in [0.2, 0.25) is 0 Å². The van der Waals surface area contributed by atoms with Gasteiger partial charge in [0.25, 0.3) is 0 Å². The Morgan fingerprint density at radius 1 is 1.65 bits per heavy atom. The maximum absolute atomic E-state index is 11.5. The zero-order valence-electron chi connectivity index (χ0n) is 10.4. The van der Waals surface area contributed by atoms with E-state index < -0.39 is 0 Å². The SMILES string of the molecule is Cc1nc(CC(=O)NCCCC(C)CO)cs1. The van der Waals surface area contributed by atoms with Gasteiger partial charge in [-0.25, -0.2) is 4.98 Å². The van der Waals surface area contributed by atoms with E-state index in [0.717, 1.165) is 23.5 Å². The van der Waals surface area contributed by atoms with Crippen LogP contribution >= 0.6 is 11.3 Å². The Bertz CT molecular complexity index is 352. The molecule has 5 heteroatoms. The first-order valence-corrected chi connectivity index (χ1v) is 6.78. The average molecular weight is 256 g/mol. The lowest BCUT2D eigenvalue weighted by Gasteiger charge is -2.07. The number of rotatable bonds is 7. The monoisotopic (exact) mass is 256 g/mol. The van der Waals surface area contributed by atoms with Crippen molar-refractivity contribution >= 4 is 17.2 Å². The molecule has 1 unspecified atom stereocenters. The highest BCUT2D eigenvalue weighted by molar-refractivity contribution is 7.09. The molecule has 1 atom stereocenters. The minimum Gasteiger partial charge on any atom is -0.396 e. The third kappa shape index (κ3) is 5.79. The van der Waals surface area contributed by atoms with Crippen molar-refractivity contribution in [3.05, 3.63) is 16.1 Å². The summed E-state index contributed by atoms with van der Waals surface area (Å²) in [5.74, 6) is 0.333. The van der Waals surface area contributed by atoms with Crippen molar-refractivity contribution in [1.82, 2.24) is 10.3 Å². The Kier molecular flexibility index (Phi) is 6.15. The van der Waals surface area contributed by atoms with E-state index >= 15 is 0 Å². The summed E-state index contributed by atoms with van der Waals surface area (Å²) >= 11 is 1.56. The highest BCUT2D eigenvalue weighted by atomic mass is 32.1. The summed E-state index contributed by atoms with van der Waals surface area (Å²) in [7, 11) is 0. The molecule has 4 nitrogen and oxygen atoms in total. The molecule has 0 spiro atoms. The maximum atomic E-state index is 11.5. The number of aliphatic hydroxyl groups excluding tert-OH is 1. The second kappa shape index (κ2) is 7.40. The van der Waals surface area contributed by atoms with E-state index in [-0.39, 0.29) is 12.5 Å². The summed E-state index contributed by atoms with van der Waals surface area (Å²) in [6, 6.07) is 0. The van der Waals surface area contributed by atoms with Crippen LogP contribution in [0.25, 0.3) is 0 Å². The fourth-order valence-electron chi connectivity index (χ4n) is 1.49.